The van der Waals surface area contributed by atoms with E-state index < -0.39 is 0 Å². The van der Waals surface area contributed by atoms with Gasteiger partial charge in [0.15, 0.2) is 0 Å². The fraction of sp³-hybridized carbons (Fsp3) is 0.636. The zero-order chi connectivity index (χ0) is 9.94. The van der Waals surface area contributed by atoms with Gasteiger partial charge in [0.1, 0.15) is 12.1 Å². The molecule has 2 nitrogen and oxygen atoms in total. The zero-order valence-corrected chi connectivity index (χ0v) is 8.29. The fourth-order valence-electron chi connectivity index (χ4n) is 1.14. The number of allylic oxidation sites excluding steroid dienone is 2. The van der Waals surface area contributed by atoms with Crippen molar-refractivity contribution in [3.05, 3.63) is 12.2 Å². The van der Waals surface area contributed by atoms with Crippen LogP contribution in [-0.2, 0) is 9.59 Å². The van der Waals surface area contributed by atoms with Gasteiger partial charge < -0.3 is 4.79 Å². The molecule has 0 aliphatic carbocycles. The van der Waals surface area contributed by atoms with Crippen LogP contribution in [0, 0.1) is 0 Å². The Bertz CT molecular complexity index is 171. The second-order valence-electron chi connectivity index (χ2n) is 3.22. The molecule has 74 valence electrons. The molecule has 0 radical (unpaired) electrons. The molecule has 0 atom stereocenters. The summed E-state index contributed by atoms with van der Waals surface area (Å²) in [5, 5.41) is 0. The Morgan fingerprint density at radius 1 is 1.15 bits per heavy atom. The van der Waals surface area contributed by atoms with E-state index in [1.165, 1.54) is 6.08 Å². The van der Waals surface area contributed by atoms with Gasteiger partial charge in [-0.3, -0.25) is 4.79 Å². The van der Waals surface area contributed by atoms with Crippen molar-refractivity contribution < 1.29 is 9.59 Å². The quantitative estimate of drug-likeness (QED) is 0.328. The number of unbranched alkanes of at least 4 members (excludes halogenated alkanes) is 4. The second kappa shape index (κ2) is 9.17. The van der Waals surface area contributed by atoms with Crippen molar-refractivity contribution in [2.24, 2.45) is 0 Å². The molecule has 0 unspecified atom stereocenters. The van der Waals surface area contributed by atoms with E-state index in [1.54, 1.807) is 6.92 Å². The van der Waals surface area contributed by atoms with Gasteiger partial charge in [-0.15, -0.1) is 0 Å². The first kappa shape index (κ1) is 12.1. The molecule has 0 aliphatic rings. The highest BCUT2D eigenvalue weighted by Crippen LogP contribution is 2.05. The lowest BCUT2D eigenvalue weighted by atomic mass is 10.1. The molecule has 0 N–H and O–H groups in total. The van der Waals surface area contributed by atoms with Gasteiger partial charge in [-0.2, -0.15) is 0 Å². The third kappa shape index (κ3) is 11.1. The Hall–Kier alpha value is -0.920. The Morgan fingerprint density at radius 2 is 1.85 bits per heavy atom. The summed E-state index contributed by atoms with van der Waals surface area (Å²) < 4.78 is 0. The highest BCUT2D eigenvalue weighted by Gasteiger charge is 1.92. The fourth-order valence-corrected chi connectivity index (χ4v) is 1.14. The molecule has 0 aliphatic heterocycles. The van der Waals surface area contributed by atoms with Crippen molar-refractivity contribution in [1.82, 2.24) is 0 Å². The van der Waals surface area contributed by atoms with Crippen LogP contribution in [0.2, 0.25) is 0 Å². The van der Waals surface area contributed by atoms with E-state index in [-0.39, 0.29) is 5.78 Å². The van der Waals surface area contributed by atoms with Crippen molar-refractivity contribution in [2.45, 2.75) is 45.4 Å². The maximum Gasteiger partial charge on any atom is 0.142 e. The second-order valence-corrected chi connectivity index (χ2v) is 3.22. The number of aldehydes is 1. The maximum absolute atomic E-state index is 10.6. The molecule has 0 aromatic rings. The normalized spacial score (nSPS) is 10.5. The summed E-state index contributed by atoms with van der Waals surface area (Å²) in [7, 11) is 0. The van der Waals surface area contributed by atoms with Gasteiger partial charge in [0.25, 0.3) is 0 Å². The Labute approximate surface area is 80.0 Å². The van der Waals surface area contributed by atoms with Crippen LogP contribution in [-0.4, -0.2) is 12.1 Å². The van der Waals surface area contributed by atoms with Crippen LogP contribution in [0.15, 0.2) is 12.2 Å². The Morgan fingerprint density at radius 3 is 2.46 bits per heavy atom. The minimum absolute atomic E-state index is 0.279. The van der Waals surface area contributed by atoms with Gasteiger partial charge >= 0.3 is 0 Å². The summed E-state index contributed by atoms with van der Waals surface area (Å²) in [6.45, 7) is 1.63. The lowest BCUT2D eigenvalue weighted by Crippen LogP contribution is -1.88. The SMILES string of the molecule is CC(=O)CCCCCC/C=C/C=O. The van der Waals surface area contributed by atoms with Gasteiger partial charge in [-0.25, -0.2) is 0 Å². The average molecular weight is 182 g/mol. The van der Waals surface area contributed by atoms with Crippen molar-refractivity contribution >= 4 is 12.1 Å². The molecule has 0 aromatic heterocycles. The zero-order valence-electron chi connectivity index (χ0n) is 8.29. The van der Waals surface area contributed by atoms with Crippen LogP contribution in [0.1, 0.15) is 45.4 Å². The van der Waals surface area contributed by atoms with E-state index in [4.69, 9.17) is 0 Å². The van der Waals surface area contributed by atoms with Gasteiger partial charge in [0.2, 0.25) is 0 Å². The molecule has 0 saturated heterocycles. The number of carbonyl (C=O) groups is 2. The first-order valence-electron chi connectivity index (χ1n) is 4.87. The minimum atomic E-state index is 0.279. The van der Waals surface area contributed by atoms with Crippen LogP contribution in [0.25, 0.3) is 0 Å². The van der Waals surface area contributed by atoms with Gasteiger partial charge in [0.05, 0.1) is 0 Å². The van der Waals surface area contributed by atoms with Crippen LogP contribution >= 0.6 is 0 Å². The number of Topliss-reactive ketones (excluding diaryl/α,β-unsaturated/α-hetero) is 1. The molecular formula is C11H18O2. The molecule has 0 heterocycles. The Balaban J connectivity index is 3.03. The number of ketones is 1. The average Bonchev–Trinajstić information content (AvgIpc) is 2.09. The number of carbonyl (C=O) groups excluding carboxylic acids is 2. The van der Waals surface area contributed by atoms with E-state index in [2.05, 4.69) is 0 Å². The number of hydrogen-bond acceptors (Lipinski definition) is 2. The topological polar surface area (TPSA) is 34.1 Å². The van der Waals surface area contributed by atoms with E-state index in [1.807, 2.05) is 6.08 Å². The van der Waals surface area contributed by atoms with Crippen LogP contribution in [0.3, 0.4) is 0 Å². The summed E-state index contributed by atoms with van der Waals surface area (Å²) in [5.74, 6) is 0.279. The molecule has 0 bridgehead atoms. The smallest absolute Gasteiger partial charge is 0.142 e. The molecule has 0 spiro atoms. The summed E-state index contributed by atoms with van der Waals surface area (Å²) in [6, 6.07) is 0. The van der Waals surface area contributed by atoms with Crippen LogP contribution < -0.4 is 0 Å². The summed E-state index contributed by atoms with van der Waals surface area (Å²) in [5.41, 5.74) is 0. The third-order valence-electron chi connectivity index (χ3n) is 1.86. The highest BCUT2D eigenvalue weighted by molar-refractivity contribution is 5.75. The summed E-state index contributed by atoms with van der Waals surface area (Å²) in [6.07, 6.45) is 10.3. The summed E-state index contributed by atoms with van der Waals surface area (Å²) >= 11 is 0. The lowest BCUT2D eigenvalue weighted by molar-refractivity contribution is -0.117. The first-order chi connectivity index (χ1) is 6.27. The van der Waals surface area contributed by atoms with Crippen molar-refractivity contribution in [3.8, 4) is 0 Å². The minimum Gasteiger partial charge on any atom is -0.300 e. The molecule has 0 aromatic carbocycles. The van der Waals surface area contributed by atoms with Gasteiger partial charge in [-0.1, -0.05) is 18.9 Å². The lowest BCUT2D eigenvalue weighted by Gasteiger charge is -1.96. The van der Waals surface area contributed by atoms with E-state index >= 15 is 0 Å². The molecule has 0 fully saturated rings. The predicted octanol–water partition coefficient (Wildman–Crippen LogP) is 2.67. The molecule has 0 rings (SSSR count). The number of rotatable bonds is 8. The number of hydrogen-bond donors (Lipinski definition) is 0. The van der Waals surface area contributed by atoms with Crippen LogP contribution in [0.5, 0.6) is 0 Å². The standard InChI is InChI=1S/C11H18O2/c1-11(13)9-7-5-3-2-4-6-8-10-12/h6,8,10H,2-5,7,9H2,1H3/b8-6+. The molecule has 13 heavy (non-hydrogen) atoms. The van der Waals surface area contributed by atoms with E-state index in [9.17, 15) is 9.59 Å². The van der Waals surface area contributed by atoms with E-state index in [0.29, 0.717) is 6.42 Å². The van der Waals surface area contributed by atoms with Crippen molar-refractivity contribution in [1.29, 1.82) is 0 Å². The maximum atomic E-state index is 10.6. The third-order valence-corrected chi connectivity index (χ3v) is 1.86. The Kier molecular flexibility index (Phi) is 8.52. The van der Waals surface area contributed by atoms with E-state index in [0.717, 1.165) is 38.4 Å². The van der Waals surface area contributed by atoms with Crippen molar-refractivity contribution in [3.63, 3.8) is 0 Å². The summed E-state index contributed by atoms with van der Waals surface area (Å²) in [4.78, 5) is 20.5. The largest absolute Gasteiger partial charge is 0.300 e. The van der Waals surface area contributed by atoms with Gasteiger partial charge in [-0.05, 0) is 32.3 Å². The predicted molar refractivity (Wildman–Crippen MR) is 53.6 cm³/mol. The molecule has 2 heteroatoms. The first-order valence-corrected chi connectivity index (χ1v) is 4.87. The molecule has 0 amide bonds. The monoisotopic (exact) mass is 182 g/mol. The molecule has 0 saturated carbocycles. The van der Waals surface area contributed by atoms with Gasteiger partial charge in [0, 0.05) is 6.42 Å². The van der Waals surface area contributed by atoms with Crippen LogP contribution in [0.4, 0.5) is 0 Å². The van der Waals surface area contributed by atoms with Crippen molar-refractivity contribution in [2.75, 3.05) is 0 Å². The highest BCUT2D eigenvalue weighted by atomic mass is 16.1. The molecular weight excluding hydrogens is 164 g/mol.